The number of carbonyl (C=O) groups excluding carboxylic acids is 1. The van der Waals surface area contributed by atoms with Gasteiger partial charge in [0.05, 0.1) is 5.75 Å². The molecule has 1 rings (SSSR count). The molecule has 5 heteroatoms. The molecule has 0 atom stereocenters. The van der Waals surface area contributed by atoms with E-state index in [2.05, 4.69) is 12.6 Å². The summed E-state index contributed by atoms with van der Waals surface area (Å²) in [5.41, 5.74) is 0. The van der Waals surface area contributed by atoms with Gasteiger partial charge in [0.15, 0.2) is 0 Å². The van der Waals surface area contributed by atoms with E-state index in [4.69, 9.17) is 0 Å². The van der Waals surface area contributed by atoms with Crippen LogP contribution in [0.5, 0.6) is 0 Å². The molecule has 0 aromatic heterocycles. The van der Waals surface area contributed by atoms with Crippen molar-refractivity contribution < 1.29 is 13.6 Å². The summed E-state index contributed by atoms with van der Waals surface area (Å²) in [6, 6.07) is 0. The van der Waals surface area contributed by atoms with Crippen molar-refractivity contribution in [3.8, 4) is 0 Å². The quantitative estimate of drug-likeness (QED) is 0.682. The van der Waals surface area contributed by atoms with Gasteiger partial charge in [0, 0.05) is 19.0 Å². The maximum Gasteiger partial charge on any atom is 0.241 e. The highest BCUT2D eigenvalue weighted by molar-refractivity contribution is 7.81. The Hall–Kier alpha value is -0.320. The highest BCUT2D eigenvalue weighted by Gasteiger charge is 2.27. The van der Waals surface area contributed by atoms with Crippen molar-refractivity contribution in [1.82, 2.24) is 4.90 Å². The van der Waals surface area contributed by atoms with E-state index in [-0.39, 0.29) is 11.7 Å². The minimum Gasteiger partial charge on any atom is -0.342 e. The molecule has 1 aliphatic rings. The Morgan fingerprint density at radius 3 is 2.38 bits per heavy atom. The zero-order valence-corrected chi connectivity index (χ0v) is 8.14. The van der Waals surface area contributed by atoms with Crippen molar-refractivity contribution in [3.05, 3.63) is 0 Å². The minimum absolute atomic E-state index is 0.0592. The standard InChI is InChI=1S/C8H13F2NOS/c9-8(10)6-1-3-11(4-2-6)7(12)5-13/h6,8,13H,1-5H2. The Morgan fingerprint density at radius 2 is 2.00 bits per heavy atom. The highest BCUT2D eigenvalue weighted by atomic mass is 32.1. The number of likely N-dealkylation sites (tertiary alicyclic amines) is 1. The van der Waals surface area contributed by atoms with Crippen molar-refractivity contribution in [1.29, 1.82) is 0 Å². The maximum atomic E-state index is 12.2. The lowest BCUT2D eigenvalue weighted by Gasteiger charge is -2.31. The number of rotatable bonds is 2. The maximum absolute atomic E-state index is 12.2. The molecule has 1 heterocycles. The highest BCUT2D eigenvalue weighted by Crippen LogP contribution is 2.23. The molecule has 0 bridgehead atoms. The van der Waals surface area contributed by atoms with Crippen LogP contribution in [0.2, 0.25) is 0 Å². The lowest BCUT2D eigenvalue weighted by atomic mass is 9.97. The lowest BCUT2D eigenvalue weighted by molar-refractivity contribution is -0.130. The van der Waals surface area contributed by atoms with Crippen LogP contribution >= 0.6 is 12.6 Å². The van der Waals surface area contributed by atoms with Crippen LogP contribution in [0, 0.1) is 5.92 Å². The number of nitrogens with zero attached hydrogens (tertiary/aromatic N) is 1. The monoisotopic (exact) mass is 209 g/mol. The van der Waals surface area contributed by atoms with E-state index in [0.717, 1.165) is 0 Å². The zero-order chi connectivity index (χ0) is 9.84. The first kappa shape index (κ1) is 10.8. The third kappa shape index (κ3) is 2.83. The fourth-order valence-electron chi connectivity index (χ4n) is 1.50. The number of thiol groups is 1. The summed E-state index contributed by atoms with van der Waals surface area (Å²) in [5, 5.41) is 0. The molecule has 1 aliphatic heterocycles. The Kier molecular flexibility index (Phi) is 3.96. The molecule has 1 saturated heterocycles. The van der Waals surface area contributed by atoms with Gasteiger partial charge in [-0.3, -0.25) is 4.79 Å². The topological polar surface area (TPSA) is 20.3 Å². The molecule has 76 valence electrons. The molecule has 0 N–H and O–H groups in total. The Morgan fingerprint density at radius 1 is 1.46 bits per heavy atom. The Balaban J connectivity index is 2.34. The van der Waals surface area contributed by atoms with Crippen molar-refractivity contribution in [2.24, 2.45) is 5.92 Å². The number of alkyl halides is 2. The molecular weight excluding hydrogens is 196 g/mol. The smallest absolute Gasteiger partial charge is 0.241 e. The van der Waals surface area contributed by atoms with E-state index in [0.29, 0.717) is 25.9 Å². The molecule has 0 spiro atoms. The Bertz CT molecular complexity index is 181. The van der Waals surface area contributed by atoms with E-state index in [1.807, 2.05) is 0 Å². The molecular formula is C8H13F2NOS. The predicted molar refractivity (Wildman–Crippen MR) is 49.2 cm³/mol. The van der Waals surface area contributed by atoms with Crippen molar-refractivity contribution in [2.75, 3.05) is 18.8 Å². The summed E-state index contributed by atoms with van der Waals surface area (Å²) >= 11 is 3.85. The van der Waals surface area contributed by atoms with Gasteiger partial charge in [0.25, 0.3) is 0 Å². The molecule has 0 aliphatic carbocycles. The molecule has 2 nitrogen and oxygen atoms in total. The molecule has 0 radical (unpaired) electrons. The third-order valence-corrected chi connectivity index (χ3v) is 2.65. The van der Waals surface area contributed by atoms with Gasteiger partial charge < -0.3 is 4.90 Å². The first-order valence-electron chi connectivity index (χ1n) is 4.32. The first-order valence-corrected chi connectivity index (χ1v) is 4.95. The average Bonchev–Trinajstić information content (AvgIpc) is 2.17. The van der Waals surface area contributed by atoms with Crippen LogP contribution in [0.15, 0.2) is 0 Å². The second-order valence-corrected chi connectivity index (χ2v) is 3.53. The number of amides is 1. The van der Waals surface area contributed by atoms with E-state index in [9.17, 15) is 13.6 Å². The van der Waals surface area contributed by atoms with Gasteiger partial charge in [-0.2, -0.15) is 12.6 Å². The van der Waals surface area contributed by atoms with Gasteiger partial charge in [-0.15, -0.1) is 0 Å². The van der Waals surface area contributed by atoms with E-state index in [1.165, 1.54) is 0 Å². The van der Waals surface area contributed by atoms with Crippen LogP contribution in [0.1, 0.15) is 12.8 Å². The summed E-state index contributed by atoms with van der Waals surface area (Å²) in [6.07, 6.45) is -1.41. The second-order valence-electron chi connectivity index (χ2n) is 3.21. The van der Waals surface area contributed by atoms with Crippen LogP contribution in [0.4, 0.5) is 8.78 Å². The lowest BCUT2D eigenvalue weighted by Crippen LogP contribution is -2.40. The number of hydrogen-bond acceptors (Lipinski definition) is 2. The number of carbonyl (C=O) groups is 1. The van der Waals surface area contributed by atoms with Crippen LogP contribution in [-0.2, 0) is 4.79 Å². The van der Waals surface area contributed by atoms with E-state index >= 15 is 0 Å². The number of halogens is 2. The van der Waals surface area contributed by atoms with Gasteiger partial charge in [-0.05, 0) is 12.8 Å². The molecule has 1 amide bonds. The van der Waals surface area contributed by atoms with Gasteiger partial charge in [0.2, 0.25) is 12.3 Å². The number of piperidine rings is 1. The normalized spacial score (nSPS) is 19.5. The third-order valence-electron chi connectivity index (χ3n) is 2.38. The van der Waals surface area contributed by atoms with Crippen LogP contribution in [0.3, 0.4) is 0 Å². The fourth-order valence-corrected chi connectivity index (χ4v) is 1.70. The summed E-state index contributed by atoms with van der Waals surface area (Å²) < 4.78 is 24.4. The fraction of sp³-hybridized carbons (Fsp3) is 0.875. The van der Waals surface area contributed by atoms with Gasteiger partial charge >= 0.3 is 0 Å². The Labute approximate surface area is 81.7 Å². The van der Waals surface area contributed by atoms with Crippen molar-refractivity contribution >= 4 is 18.5 Å². The molecule has 1 fully saturated rings. The second kappa shape index (κ2) is 4.79. The van der Waals surface area contributed by atoms with Gasteiger partial charge in [0.1, 0.15) is 0 Å². The minimum atomic E-state index is -2.24. The molecule has 0 aromatic rings. The van der Waals surface area contributed by atoms with Crippen LogP contribution in [-0.4, -0.2) is 36.1 Å². The summed E-state index contributed by atoms with van der Waals surface area (Å²) in [6.45, 7) is 0.906. The SMILES string of the molecule is O=C(CS)N1CCC(C(F)F)CC1. The summed E-state index contributed by atoms with van der Waals surface area (Å²) in [4.78, 5) is 12.7. The zero-order valence-electron chi connectivity index (χ0n) is 7.25. The van der Waals surface area contributed by atoms with Crippen molar-refractivity contribution in [2.45, 2.75) is 19.3 Å². The molecule has 0 aromatic carbocycles. The summed E-state index contributed by atoms with van der Waals surface area (Å²) in [7, 11) is 0. The van der Waals surface area contributed by atoms with E-state index in [1.54, 1.807) is 4.90 Å². The molecule has 0 unspecified atom stereocenters. The first-order chi connectivity index (χ1) is 6.15. The van der Waals surface area contributed by atoms with Gasteiger partial charge in [-0.25, -0.2) is 8.78 Å². The largest absolute Gasteiger partial charge is 0.342 e. The van der Waals surface area contributed by atoms with Gasteiger partial charge in [-0.1, -0.05) is 0 Å². The average molecular weight is 209 g/mol. The van der Waals surface area contributed by atoms with Crippen molar-refractivity contribution in [3.63, 3.8) is 0 Å². The van der Waals surface area contributed by atoms with Crippen LogP contribution in [0.25, 0.3) is 0 Å². The predicted octanol–water partition coefficient (Wildman–Crippen LogP) is 1.42. The number of hydrogen-bond donors (Lipinski definition) is 1. The van der Waals surface area contributed by atoms with Crippen LogP contribution < -0.4 is 0 Å². The molecule has 13 heavy (non-hydrogen) atoms. The van der Waals surface area contributed by atoms with E-state index < -0.39 is 12.3 Å². The molecule has 0 saturated carbocycles. The summed E-state index contributed by atoms with van der Waals surface area (Å²) in [5.74, 6) is -0.417.